The Morgan fingerprint density at radius 1 is 1.50 bits per heavy atom. The molecule has 2 atom stereocenters. The summed E-state index contributed by atoms with van der Waals surface area (Å²) in [5, 5.41) is 12.4. The van der Waals surface area contributed by atoms with Gasteiger partial charge in [0, 0.05) is 18.1 Å². The molecule has 0 spiro atoms. The quantitative estimate of drug-likeness (QED) is 0.801. The van der Waals surface area contributed by atoms with Gasteiger partial charge in [0.2, 0.25) is 5.91 Å². The minimum atomic E-state index is -0.820. The lowest BCUT2D eigenvalue weighted by Crippen LogP contribution is -2.59. The molecule has 2 aliphatic heterocycles. The van der Waals surface area contributed by atoms with E-state index >= 15 is 0 Å². The second-order valence-electron chi connectivity index (χ2n) is 5.69. The Morgan fingerprint density at radius 2 is 2.30 bits per heavy atom. The highest BCUT2D eigenvalue weighted by Crippen LogP contribution is 2.30. The maximum atomic E-state index is 13.0. The number of carboxylic acid groups (broad SMARTS) is 1. The van der Waals surface area contributed by atoms with Crippen molar-refractivity contribution < 1.29 is 14.7 Å². The van der Waals surface area contributed by atoms with E-state index in [1.165, 1.54) is 0 Å². The van der Waals surface area contributed by atoms with Crippen LogP contribution in [0.2, 0.25) is 0 Å². The van der Waals surface area contributed by atoms with Crippen molar-refractivity contribution in [2.45, 2.75) is 50.6 Å². The van der Waals surface area contributed by atoms with E-state index in [1.54, 1.807) is 11.8 Å². The third-order valence-corrected chi connectivity index (χ3v) is 5.32. The van der Waals surface area contributed by atoms with E-state index in [0.29, 0.717) is 6.54 Å². The SMILES string of the molecule is CCCC1(C(=O)N2CCSCC2CC(=O)O)CCCN1. The monoisotopic (exact) mass is 300 g/mol. The lowest BCUT2D eigenvalue weighted by Gasteiger charge is -2.41. The largest absolute Gasteiger partial charge is 0.481 e. The third kappa shape index (κ3) is 3.28. The number of hydrogen-bond acceptors (Lipinski definition) is 4. The maximum Gasteiger partial charge on any atom is 0.305 e. The van der Waals surface area contributed by atoms with Crippen LogP contribution in [0.25, 0.3) is 0 Å². The molecule has 114 valence electrons. The van der Waals surface area contributed by atoms with Gasteiger partial charge in [-0.15, -0.1) is 0 Å². The number of hydrogen-bond donors (Lipinski definition) is 2. The molecule has 2 saturated heterocycles. The fraction of sp³-hybridized carbons (Fsp3) is 0.857. The minimum Gasteiger partial charge on any atom is -0.481 e. The summed E-state index contributed by atoms with van der Waals surface area (Å²) in [6, 6.07) is -0.158. The molecule has 2 heterocycles. The summed E-state index contributed by atoms with van der Waals surface area (Å²) < 4.78 is 0. The molecule has 2 aliphatic rings. The molecule has 0 saturated carbocycles. The second kappa shape index (κ2) is 6.80. The molecule has 2 rings (SSSR count). The molecule has 5 nitrogen and oxygen atoms in total. The van der Waals surface area contributed by atoms with Gasteiger partial charge in [-0.2, -0.15) is 11.8 Å². The van der Waals surface area contributed by atoms with Crippen LogP contribution in [0, 0.1) is 0 Å². The van der Waals surface area contributed by atoms with Gasteiger partial charge < -0.3 is 15.3 Å². The minimum absolute atomic E-state index is 0.0565. The summed E-state index contributed by atoms with van der Waals surface area (Å²) in [6.07, 6.45) is 3.77. The number of nitrogens with zero attached hydrogens (tertiary/aromatic N) is 1. The van der Waals surface area contributed by atoms with E-state index in [1.807, 2.05) is 4.90 Å². The van der Waals surface area contributed by atoms with Crippen molar-refractivity contribution in [1.29, 1.82) is 0 Å². The molecule has 0 aliphatic carbocycles. The van der Waals surface area contributed by atoms with Crippen LogP contribution in [-0.2, 0) is 9.59 Å². The van der Waals surface area contributed by atoms with Crippen LogP contribution >= 0.6 is 11.8 Å². The van der Waals surface area contributed by atoms with Gasteiger partial charge in [0.1, 0.15) is 0 Å². The molecule has 0 aromatic carbocycles. The Hall–Kier alpha value is -0.750. The number of rotatable bonds is 5. The van der Waals surface area contributed by atoms with E-state index < -0.39 is 11.5 Å². The van der Waals surface area contributed by atoms with Crippen molar-refractivity contribution in [2.75, 3.05) is 24.6 Å². The summed E-state index contributed by atoms with van der Waals surface area (Å²) in [7, 11) is 0. The van der Waals surface area contributed by atoms with Gasteiger partial charge in [-0.05, 0) is 25.8 Å². The number of amides is 1. The van der Waals surface area contributed by atoms with E-state index in [4.69, 9.17) is 5.11 Å². The lowest BCUT2D eigenvalue weighted by molar-refractivity contribution is -0.143. The predicted molar refractivity (Wildman–Crippen MR) is 80.0 cm³/mol. The van der Waals surface area contributed by atoms with Crippen molar-refractivity contribution in [3.8, 4) is 0 Å². The standard InChI is InChI=1S/C14H24N2O3S/c1-2-4-14(5-3-6-15-14)13(19)16-7-8-20-10-11(16)9-12(17)18/h11,15H,2-10H2,1H3,(H,17,18). The number of carboxylic acids is 1. The Labute approximate surface area is 124 Å². The van der Waals surface area contributed by atoms with E-state index in [-0.39, 0.29) is 18.4 Å². The smallest absolute Gasteiger partial charge is 0.305 e. The second-order valence-corrected chi connectivity index (χ2v) is 6.84. The van der Waals surface area contributed by atoms with E-state index in [2.05, 4.69) is 12.2 Å². The highest BCUT2D eigenvalue weighted by atomic mass is 32.2. The first-order valence-corrected chi connectivity index (χ1v) is 8.60. The van der Waals surface area contributed by atoms with Crippen LogP contribution in [0.3, 0.4) is 0 Å². The Kier molecular flexibility index (Phi) is 5.32. The summed E-state index contributed by atoms with van der Waals surface area (Å²) >= 11 is 1.74. The first-order chi connectivity index (χ1) is 9.59. The molecule has 0 bridgehead atoms. The highest BCUT2D eigenvalue weighted by molar-refractivity contribution is 7.99. The van der Waals surface area contributed by atoms with Crippen molar-refractivity contribution in [3.63, 3.8) is 0 Å². The zero-order valence-electron chi connectivity index (χ0n) is 12.1. The molecule has 20 heavy (non-hydrogen) atoms. The number of nitrogens with one attached hydrogen (secondary N) is 1. The Bertz CT molecular complexity index is 369. The first kappa shape index (κ1) is 15.6. The van der Waals surface area contributed by atoms with Crippen LogP contribution < -0.4 is 5.32 Å². The molecular weight excluding hydrogens is 276 g/mol. The number of carbonyl (C=O) groups excluding carboxylic acids is 1. The molecule has 2 unspecified atom stereocenters. The van der Waals surface area contributed by atoms with Crippen LogP contribution in [0.4, 0.5) is 0 Å². The Balaban J connectivity index is 2.13. The molecule has 0 aromatic heterocycles. The molecule has 0 radical (unpaired) electrons. The number of thioether (sulfide) groups is 1. The molecule has 0 aromatic rings. The van der Waals surface area contributed by atoms with Gasteiger partial charge in [-0.1, -0.05) is 13.3 Å². The highest BCUT2D eigenvalue weighted by Gasteiger charge is 2.44. The van der Waals surface area contributed by atoms with Gasteiger partial charge in [0.25, 0.3) is 0 Å². The summed E-state index contributed by atoms with van der Waals surface area (Å²) in [6.45, 7) is 3.66. The fourth-order valence-corrected chi connectivity index (χ4v) is 4.37. The summed E-state index contributed by atoms with van der Waals surface area (Å²) in [4.78, 5) is 25.8. The van der Waals surface area contributed by atoms with Crippen LogP contribution in [0.5, 0.6) is 0 Å². The Morgan fingerprint density at radius 3 is 2.90 bits per heavy atom. The van der Waals surface area contributed by atoms with Gasteiger partial charge in [0.15, 0.2) is 0 Å². The van der Waals surface area contributed by atoms with Crippen molar-refractivity contribution in [2.24, 2.45) is 0 Å². The zero-order valence-corrected chi connectivity index (χ0v) is 12.9. The van der Waals surface area contributed by atoms with Crippen LogP contribution in [0.15, 0.2) is 0 Å². The molecule has 6 heteroatoms. The van der Waals surface area contributed by atoms with Crippen LogP contribution in [0.1, 0.15) is 39.0 Å². The van der Waals surface area contributed by atoms with Gasteiger partial charge >= 0.3 is 5.97 Å². The zero-order chi connectivity index (χ0) is 14.6. The molecular formula is C14H24N2O3S. The van der Waals surface area contributed by atoms with Crippen molar-refractivity contribution >= 4 is 23.6 Å². The topological polar surface area (TPSA) is 69.6 Å². The number of aliphatic carboxylic acids is 1. The van der Waals surface area contributed by atoms with Gasteiger partial charge in [-0.3, -0.25) is 9.59 Å². The van der Waals surface area contributed by atoms with E-state index in [0.717, 1.165) is 43.7 Å². The van der Waals surface area contributed by atoms with Gasteiger partial charge in [0.05, 0.1) is 18.0 Å². The van der Waals surface area contributed by atoms with Gasteiger partial charge in [-0.25, -0.2) is 0 Å². The molecule has 2 fully saturated rings. The molecule has 2 N–H and O–H groups in total. The van der Waals surface area contributed by atoms with E-state index in [9.17, 15) is 9.59 Å². The normalized spacial score (nSPS) is 30.4. The molecule has 1 amide bonds. The van der Waals surface area contributed by atoms with Crippen molar-refractivity contribution in [3.05, 3.63) is 0 Å². The van der Waals surface area contributed by atoms with Crippen molar-refractivity contribution in [1.82, 2.24) is 10.2 Å². The predicted octanol–water partition coefficient (Wildman–Crippen LogP) is 1.33. The number of carbonyl (C=O) groups is 2. The maximum absolute atomic E-state index is 13.0. The summed E-state index contributed by atoms with van der Waals surface area (Å²) in [5.41, 5.74) is -0.437. The summed E-state index contributed by atoms with van der Waals surface area (Å²) in [5.74, 6) is 0.951. The third-order valence-electron chi connectivity index (χ3n) is 4.23. The van der Waals surface area contributed by atoms with Crippen LogP contribution in [-0.4, -0.2) is 58.1 Å². The first-order valence-electron chi connectivity index (χ1n) is 7.45. The fourth-order valence-electron chi connectivity index (χ4n) is 3.30. The average molecular weight is 300 g/mol. The average Bonchev–Trinajstić information content (AvgIpc) is 2.88. The lowest BCUT2D eigenvalue weighted by atomic mass is 9.89.